The Kier molecular flexibility index (Phi) is 5.56. The van der Waals surface area contributed by atoms with Crippen molar-refractivity contribution in [1.82, 2.24) is 15.2 Å². The first-order valence-electron chi connectivity index (χ1n) is 7.28. The first-order chi connectivity index (χ1) is 10.1. The molecule has 1 heterocycles. The molecule has 114 valence electrons. The van der Waals surface area contributed by atoms with E-state index in [0.29, 0.717) is 5.92 Å². The van der Waals surface area contributed by atoms with Crippen LogP contribution in [0.15, 0.2) is 41.0 Å². The Morgan fingerprint density at radius 1 is 1.33 bits per heavy atom. The smallest absolute Gasteiger partial charge is 0.0712 e. The lowest BCUT2D eigenvalue weighted by Gasteiger charge is -2.32. The van der Waals surface area contributed by atoms with Crippen LogP contribution in [-0.4, -0.2) is 9.78 Å². The molecule has 1 aromatic heterocycles. The Balaban J connectivity index is 2.48. The summed E-state index contributed by atoms with van der Waals surface area (Å²) in [6.45, 7) is 4.48. The molecule has 21 heavy (non-hydrogen) atoms. The van der Waals surface area contributed by atoms with Gasteiger partial charge in [0.15, 0.2) is 0 Å². The molecule has 0 aliphatic carbocycles. The first kappa shape index (κ1) is 16.2. The minimum Gasteiger partial charge on any atom is -0.271 e. The van der Waals surface area contributed by atoms with E-state index >= 15 is 0 Å². The summed E-state index contributed by atoms with van der Waals surface area (Å²) in [5.41, 5.74) is 5.38. The number of hydrogen-bond donors (Lipinski definition) is 2. The highest BCUT2D eigenvalue weighted by Crippen LogP contribution is 2.39. The standard InChI is InChI=1S/C16H23BrN4/c1-4-11(2)14(12-8-6-5-7-9-12)15(20-18)16-13(17)10-19-21(16)3/h5-11,14-15,20H,4,18H2,1-3H3. The molecule has 0 spiro atoms. The zero-order valence-electron chi connectivity index (χ0n) is 12.8. The van der Waals surface area contributed by atoms with Crippen molar-refractivity contribution in [3.8, 4) is 0 Å². The third-order valence-electron chi connectivity index (χ3n) is 4.21. The van der Waals surface area contributed by atoms with Crippen molar-refractivity contribution in [2.45, 2.75) is 32.2 Å². The SMILES string of the molecule is CCC(C)C(c1ccccc1)C(NN)c1c(Br)cnn1C. The predicted octanol–water partition coefficient (Wildman–Crippen LogP) is 3.52. The Labute approximate surface area is 134 Å². The van der Waals surface area contributed by atoms with E-state index in [0.717, 1.165) is 16.6 Å². The number of halogens is 1. The van der Waals surface area contributed by atoms with Crippen LogP contribution < -0.4 is 11.3 Å². The molecule has 1 aromatic carbocycles. The summed E-state index contributed by atoms with van der Waals surface area (Å²) in [4.78, 5) is 0. The second-order valence-electron chi connectivity index (χ2n) is 5.47. The molecule has 0 radical (unpaired) electrons. The molecule has 0 aliphatic heterocycles. The zero-order chi connectivity index (χ0) is 15.4. The van der Waals surface area contributed by atoms with Crippen molar-refractivity contribution < 1.29 is 0 Å². The highest BCUT2D eigenvalue weighted by molar-refractivity contribution is 9.10. The lowest BCUT2D eigenvalue weighted by Crippen LogP contribution is -2.36. The van der Waals surface area contributed by atoms with Gasteiger partial charge in [0.2, 0.25) is 0 Å². The summed E-state index contributed by atoms with van der Waals surface area (Å²) in [7, 11) is 1.95. The summed E-state index contributed by atoms with van der Waals surface area (Å²) in [6, 6.07) is 10.6. The molecule has 0 amide bonds. The molecule has 4 nitrogen and oxygen atoms in total. The molecular weight excluding hydrogens is 328 g/mol. The van der Waals surface area contributed by atoms with Gasteiger partial charge in [-0.2, -0.15) is 5.10 Å². The first-order valence-corrected chi connectivity index (χ1v) is 8.07. The number of hydrazine groups is 1. The zero-order valence-corrected chi connectivity index (χ0v) is 14.3. The monoisotopic (exact) mass is 350 g/mol. The predicted molar refractivity (Wildman–Crippen MR) is 89.6 cm³/mol. The number of nitrogens with zero attached hydrogens (tertiary/aromatic N) is 2. The summed E-state index contributed by atoms with van der Waals surface area (Å²) in [5.74, 6) is 6.70. The van der Waals surface area contributed by atoms with Crippen molar-refractivity contribution in [3.63, 3.8) is 0 Å². The molecule has 3 atom stereocenters. The van der Waals surface area contributed by atoms with Gasteiger partial charge in [-0.25, -0.2) is 0 Å². The fraction of sp³-hybridized carbons (Fsp3) is 0.438. The summed E-state index contributed by atoms with van der Waals surface area (Å²) >= 11 is 3.59. The van der Waals surface area contributed by atoms with Crippen molar-refractivity contribution in [1.29, 1.82) is 0 Å². The van der Waals surface area contributed by atoms with Gasteiger partial charge in [-0.3, -0.25) is 16.0 Å². The molecule has 3 N–H and O–H groups in total. The number of aromatic nitrogens is 2. The van der Waals surface area contributed by atoms with Gasteiger partial charge in [-0.1, -0.05) is 50.6 Å². The third-order valence-corrected chi connectivity index (χ3v) is 4.82. The maximum Gasteiger partial charge on any atom is 0.0712 e. The van der Waals surface area contributed by atoms with Crippen LogP contribution in [0.4, 0.5) is 0 Å². The highest BCUT2D eigenvalue weighted by atomic mass is 79.9. The topological polar surface area (TPSA) is 55.9 Å². The lowest BCUT2D eigenvalue weighted by molar-refractivity contribution is 0.330. The van der Waals surface area contributed by atoms with Crippen LogP contribution in [0.3, 0.4) is 0 Å². The summed E-state index contributed by atoms with van der Waals surface area (Å²) < 4.78 is 2.87. The van der Waals surface area contributed by atoms with Gasteiger partial charge in [0, 0.05) is 13.0 Å². The van der Waals surface area contributed by atoms with Gasteiger partial charge >= 0.3 is 0 Å². The quantitative estimate of drug-likeness (QED) is 0.619. The van der Waals surface area contributed by atoms with Crippen LogP contribution in [0.25, 0.3) is 0 Å². The minimum absolute atomic E-state index is 0.00391. The Hall–Kier alpha value is -1.17. The largest absolute Gasteiger partial charge is 0.271 e. The Morgan fingerprint density at radius 2 is 2.00 bits per heavy atom. The summed E-state index contributed by atoms with van der Waals surface area (Å²) in [6.07, 6.45) is 2.91. The van der Waals surface area contributed by atoms with Gasteiger partial charge in [0.25, 0.3) is 0 Å². The Bertz CT molecular complexity index is 547. The van der Waals surface area contributed by atoms with Gasteiger partial charge in [-0.05, 0) is 27.4 Å². The van der Waals surface area contributed by atoms with Crippen LogP contribution in [0, 0.1) is 5.92 Å². The molecule has 0 fully saturated rings. The highest BCUT2D eigenvalue weighted by Gasteiger charge is 2.31. The fourth-order valence-electron chi connectivity index (χ4n) is 2.90. The molecule has 5 heteroatoms. The van der Waals surface area contributed by atoms with Gasteiger partial charge in [0.05, 0.1) is 22.4 Å². The van der Waals surface area contributed by atoms with E-state index in [1.807, 2.05) is 24.0 Å². The number of benzene rings is 1. The second kappa shape index (κ2) is 7.20. The number of rotatable bonds is 6. The molecule has 2 rings (SSSR count). The molecule has 0 saturated heterocycles. The normalized spacial score (nSPS) is 15.7. The van der Waals surface area contributed by atoms with E-state index in [9.17, 15) is 0 Å². The van der Waals surface area contributed by atoms with E-state index in [1.54, 1.807) is 0 Å². The molecule has 2 aromatic rings. The summed E-state index contributed by atoms with van der Waals surface area (Å²) in [5, 5.41) is 4.32. The molecule has 0 saturated carbocycles. The van der Waals surface area contributed by atoms with Crippen molar-refractivity contribution in [2.75, 3.05) is 0 Å². The van der Waals surface area contributed by atoms with E-state index < -0.39 is 0 Å². The molecule has 0 aliphatic rings. The third kappa shape index (κ3) is 3.36. The average Bonchev–Trinajstić information content (AvgIpc) is 2.84. The lowest BCUT2D eigenvalue weighted by atomic mass is 9.79. The van der Waals surface area contributed by atoms with Crippen LogP contribution in [0.2, 0.25) is 0 Å². The number of aryl methyl sites for hydroxylation is 1. The Morgan fingerprint density at radius 3 is 2.48 bits per heavy atom. The van der Waals surface area contributed by atoms with Crippen LogP contribution >= 0.6 is 15.9 Å². The van der Waals surface area contributed by atoms with Crippen molar-refractivity contribution in [3.05, 3.63) is 52.3 Å². The van der Waals surface area contributed by atoms with Crippen LogP contribution in [0.5, 0.6) is 0 Å². The van der Waals surface area contributed by atoms with Crippen molar-refractivity contribution in [2.24, 2.45) is 18.8 Å². The van der Waals surface area contributed by atoms with E-state index in [4.69, 9.17) is 5.84 Å². The van der Waals surface area contributed by atoms with E-state index in [2.05, 4.69) is 64.6 Å². The van der Waals surface area contributed by atoms with E-state index in [-0.39, 0.29) is 12.0 Å². The van der Waals surface area contributed by atoms with E-state index in [1.165, 1.54) is 5.56 Å². The number of nitrogens with one attached hydrogen (secondary N) is 1. The maximum absolute atomic E-state index is 5.92. The average molecular weight is 351 g/mol. The van der Waals surface area contributed by atoms with Crippen LogP contribution in [0.1, 0.15) is 43.5 Å². The molecular formula is C16H23BrN4. The minimum atomic E-state index is 0.00391. The molecule has 0 bridgehead atoms. The number of hydrogen-bond acceptors (Lipinski definition) is 3. The maximum atomic E-state index is 5.92. The molecule has 3 unspecified atom stereocenters. The van der Waals surface area contributed by atoms with Gasteiger partial charge in [-0.15, -0.1) is 0 Å². The fourth-order valence-corrected chi connectivity index (χ4v) is 3.50. The van der Waals surface area contributed by atoms with Crippen molar-refractivity contribution >= 4 is 15.9 Å². The van der Waals surface area contributed by atoms with Gasteiger partial charge < -0.3 is 0 Å². The van der Waals surface area contributed by atoms with Crippen LogP contribution in [-0.2, 0) is 7.05 Å². The van der Waals surface area contributed by atoms with Gasteiger partial charge in [0.1, 0.15) is 0 Å². The number of nitrogens with two attached hydrogens (primary N) is 1. The second-order valence-corrected chi connectivity index (χ2v) is 6.32.